The molecule has 2 rings (SSSR count). The molecule has 1 heterocycles. The maximum absolute atomic E-state index is 4.15. The van der Waals surface area contributed by atoms with Crippen molar-refractivity contribution in [2.45, 2.75) is 45.2 Å². The summed E-state index contributed by atoms with van der Waals surface area (Å²) in [6.45, 7) is 4.49. The van der Waals surface area contributed by atoms with Crippen LogP contribution >= 0.6 is 0 Å². The number of nitrogens with one attached hydrogen (secondary N) is 1. The van der Waals surface area contributed by atoms with Gasteiger partial charge < -0.3 is 5.32 Å². The maximum atomic E-state index is 4.15. The molecule has 82 valence electrons. The fourth-order valence-electron chi connectivity index (χ4n) is 2.08. The zero-order valence-corrected chi connectivity index (χ0v) is 9.61. The van der Waals surface area contributed by atoms with Crippen molar-refractivity contribution in [1.82, 2.24) is 10.3 Å². The van der Waals surface area contributed by atoms with Crippen molar-refractivity contribution < 1.29 is 0 Å². The summed E-state index contributed by atoms with van der Waals surface area (Å²) in [6, 6.07) is 5.16. The monoisotopic (exact) mass is 204 g/mol. The van der Waals surface area contributed by atoms with E-state index < -0.39 is 0 Å². The topological polar surface area (TPSA) is 24.9 Å². The summed E-state index contributed by atoms with van der Waals surface area (Å²) >= 11 is 0. The summed E-state index contributed by atoms with van der Waals surface area (Å²) in [6.07, 6.45) is 7.97. The van der Waals surface area contributed by atoms with Crippen molar-refractivity contribution in [3.63, 3.8) is 0 Å². The molecule has 0 saturated heterocycles. The summed E-state index contributed by atoms with van der Waals surface area (Å²) in [4.78, 5) is 4.15. The second-order valence-corrected chi connectivity index (χ2v) is 4.75. The Hall–Kier alpha value is -0.890. The van der Waals surface area contributed by atoms with Crippen LogP contribution in [0.3, 0.4) is 0 Å². The first kappa shape index (κ1) is 10.6. The highest BCUT2D eigenvalue weighted by Gasteiger charge is 2.24. The van der Waals surface area contributed by atoms with Crippen LogP contribution < -0.4 is 5.32 Å². The Balaban J connectivity index is 1.82. The van der Waals surface area contributed by atoms with E-state index in [4.69, 9.17) is 0 Å². The van der Waals surface area contributed by atoms with E-state index in [0.717, 1.165) is 5.92 Å². The summed E-state index contributed by atoms with van der Waals surface area (Å²) in [5.41, 5.74) is 1.28. The summed E-state index contributed by atoms with van der Waals surface area (Å²) in [5.74, 6) is 0.994. The molecule has 0 aromatic carbocycles. The van der Waals surface area contributed by atoms with Gasteiger partial charge in [-0.3, -0.25) is 4.98 Å². The predicted octanol–water partition coefficient (Wildman–Crippen LogP) is 2.92. The van der Waals surface area contributed by atoms with E-state index in [-0.39, 0.29) is 0 Å². The molecular formula is C13H20N2. The van der Waals surface area contributed by atoms with Gasteiger partial charge in [-0.1, -0.05) is 18.9 Å². The van der Waals surface area contributed by atoms with Crippen LogP contribution in [0.15, 0.2) is 24.5 Å². The van der Waals surface area contributed by atoms with Gasteiger partial charge in [-0.2, -0.15) is 0 Å². The van der Waals surface area contributed by atoms with E-state index in [9.17, 15) is 0 Å². The molecule has 2 atom stereocenters. The first-order valence-corrected chi connectivity index (χ1v) is 5.91. The Morgan fingerprint density at radius 2 is 2.27 bits per heavy atom. The third kappa shape index (κ3) is 3.31. The fourth-order valence-corrected chi connectivity index (χ4v) is 2.08. The SMILES string of the molecule is CC(CC1CC1)N[C@H](C)c1cccnc1. The molecule has 1 aromatic heterocycles. The largest absolute Gasteiger partial charge is 0.308 e. The first-order valence-electron chi connectivity index (χ1n) is 5.91. The van der Waals surface area contributed by atoms with E-state index in [1.54, 1.807) is 0 Å². The zero-order valence-electron chi connectivity index (χ0n) is 9.61. The predicted molar refractivity (Wildman–Crippen MR) is 62.6 cm³/mol. The van der Waals surface area contributed by atoms with Gasteiger partial charge >= 0.3 is 0 Å². The molecule has 1 fully saturated rings. The molecule has 2 heteroatoms. The molecule has 1 aliphatic carbocycles. The third-order valence-electron chi connectivity index (χ3n) is 3.10. The van der Waals surface area contributed by atoms with Crippen LogP contribution in [0.25, 0.3) is 0 Å². The average molecular weight is 204 g/mol. The number of rotatable bonds is 5. The molecule has 1 N–H and O–H groups in total. The lowest BCUT2D eigenvalue weighted by molar-refractivity contribution is 0.438. The van der Waals surface area contributed by atoms with Crippen LogP contribution in [0.2, 0.25) is 0 Å². The molecule has 0 amide bonds. The number of nitrogens with zero attached hydrogens (tertiary/aromatic N) is 1. The highest BCUT2D eigenvalue weighted by atomic mass is 14.9. The smallest absolute Gasteiger partial charge is 0.0315 e. The molecule has 15 heavy (non-hydrogen) atoms. The number of hydrogen-bond acceptors (Lipinski definition) is 2. The van der Waals surface area contributed by atoms with Gasteiger partial charge in [-0.15, -0.1) is 0 Å². The number of aromatic nitrogens is 1. The van der Waals surface area contributed by atoms with E-state index in [0.29, 0.717) is 12.1 Å². The summed E-state index contributed by atoms with van der Waals surface area (Å²) in [5, 5.41) is 3.63. The molecule has 0 radical (unpaired) electrons. The minimum atomic E-state index is 0.410. The molecule has 0 aliphatic heterocycles. The Morgan fingerprint density at radius 3 is 2.87 bits per heavy atom. The van der Waals surface area contributed by atoms with Gasteiger partial charge in [0.1, 0.15) is 0 Å². The molecule has 1 unspecified atom stereocenters. The summed E-state index contributed by atoms with van der Waals surface area (Å²) in [7, 11) is 0. The van der Waals surface area contributed by atoms with Crippen molar-refractivity contribution in [3.8, 4) is 0 Å². The van der Waals surface area contributed by atoms with Crippen molar-refractivity contribution in [2.75, 3.05) is 0 Å². The van der Waals surface area contributed by atoms with Gasteiger partial charge in [-0.25, -0.2) is 0 Å². The molecule has 1 aliphatic rings. The highest BCUT2D eigenvalue weighted by molar-refractivity contribution is 5.12. The molecule has 0 spiro atoms. The van der Waals surface area contributed by atoms with Crippen LogP contribution in [-0.4, -0.2) is 11.0 Å². The van der Waals surface area contributed by atoms with Crippen molar-refractivity contribution >= 4 is 0 Å². The van der Waals surface area contributed by atoms with E-state index in [2.05, 4.69) is 30.2 Å². The lowest BCUT2D eigenvalue weighted by atomic mass is 10.1. The normalized spacial score (nSPS) is 19.9. The van der Waals surface area contributed by atoms with Crippen LogP contribution in [0.1, 0.15) is 44.7 Å². The van der Waals surface area contributed by atoms with Crippen LogP contribution in [-0.2, 0) is 0 Å². The van der Waals surface area contributed by atoms with Crippen LogP contribution in [0.4, 0.5) is 0 Å². The third-order valence-corrected chi connectivity index (χ3v) is 3.10. The van der Waals surface area contributed by atoms with Gasteiger partial charge in [0.25, 0.3) is 0 Å². The lowest BCUT2D eigenvalue weighted by Crippen LogP contribution is -2.29. The molecule has 1 aromatic rings. The highest BCUT2D eigenvalue weighted by Crippen LogP contribution is 2.33. The van der Waals surface area contributed by atoms with Crippen molar-refractivity contribution in [3.05, 3.63) is 30.1 Å². The van der Waals surface area contributed by atoms with Crippen molar-refractivity contribution in [1.29, 1.82) is 0 Å². The Kier molecular flexibility index (Phi) is 3.37. The van der Waals surface area contributed by atoms with Crippen LogP contribution in [0.5, 0.6) is 0 Å². The lowest BCUT2D eigenvalue weighted by Gasteiger charge is -2.19. The molecule has 1 saturated carbocycles. The quantitative estimate of drug-likeness (QED) is 0.797. The minimum absolute atomic E-state index is 0.410. The standard InChI is InChI=1S/C13H20N2/c1-10(8-12-5-6-12)15-11(2)13-4-3-7-14-9-13/h3-4,7,9-12,15H,5-6,8H2,1-2H3/t10?,11-/m1/s1. The van der Waals surface area contributed by atoms with Gasteiger partial charge in [0.15, 0.2) is 0 Å². The maximum Gasteiger partial charge on any atom is 0.0315 e. The first-order chi connectivity index (χ1) is 7.25. The minimum Gasteiger partial charge on any atom is -0.308 e. The van der Waals surface area contributed by atoms with Gasteiger partial charge in [0.05, 0.1) is 0 Å². The van der Waals surface area contributed by atoms with Crippen LogP contribution in [0, 0.1) is 5.92 Å². The summed E-state index contributed by atoms with van der Waals surface area (Å²) < 4.78 is 0. The number of pyridine rings is 1. The fraction of sp³-hybridized carbons (Fsp3) is 0.615. The Morgan fingerprint density at radius 1 is 1.47 bits per heavy atom. The molecular weight excluding hydrogens is 184 g/mol. The number of hydrogen-bond donors (Lipinski definition) is 1. The zero-order chi connectivity index (χ0) is 10.7. The Labute approximate surface area is 92.1 Å². The average Bonchev–Trinajstić information content (AvgIpc) is 3.03. The van der Waals surface area contributed by atoms with Gasteiger partial charge in [0.2, 0.25) is 0 Å². The van der Waals surface area contributed by atoms with E-state index in [1.165, 1.54) is 24.8 Å². The van der Waals surface area contributed by atoms with E-state index >= 15 is 0 Å². The van der Waals surface area contributed by atoms with Crippen molar-refractivity contribution in [2.24, 2.45) is 5.92 Å². The van der Waals surface area contributed by atoms with Gasteiger partial charge in [0, 0.05) is 24.5 Å². The molecule has 2 nitrogen and oxygen atoms in total. The second kappa shape index (κ2) is 4.75. The van der Waals surface area contributed by atoms with E-state index in [1.807, 2.05) is 18.5 Å². The Bertz CT molecular complexity index is 293. The molecule has 0 bridgehead atoms. The van der Waals surface area contributed by atoms with Gasteiger partial charge in [-0.05, 0) is 37.8 Å². The second-order valence-electron chi connectivity index (χ2n) is 4.75.